The fraction of sp³-hybridized carbons (Fsp3) is 1.00. The van der Waals surface area contributed by atoms with Crippen LogP contribution in [0.4, 0.5) is 0 Å². The molecular weight excluding hydrogens is 184 g/mol. The zero-order valence-corrected chi connectivity index (χ0v) is 10.7. The summed E-state index contributed by atoms with van der Waals surface area (Å²) in [5.41, 5.74) is 0. The summed E-state index contributed by atoms with van der Waals surface area (Å²) in [4.78, 5) is 5.39. The van der Waals surface area contributed by atoms with Crippen molar-refractivity contribution in [3.63, 3.8) is 0 Å². The van der Waals surface area contributed by atoms with Crippen molar-refractivity contribution in [3.8, 4) is 0 Å². The first-order chi connectivity index (χ1) is 7.09. The van der Waals surface area contributed by atoms with Gasteiger partial charge in [-0.2, -0.15) is 0 Å². The molecule has 4 atom stereocenters. The highest BCUT2D eigenvalue weighted by Gasteiger charge is 2.33. The average molecular weight is 210 g/mol. The molecule has 0 saturated carbocycles. The van der Waals surface area contributed by atoms with Gasteiger partial charge in [-0.25, -0.2) is 0 Å². The Kier molecular flexibility index (Phi) is 3.36. The third-order valence-corrected chi connectivity index (χ3v) is 4.60. The monoisotopic (exact) mass is 210 g/mol. The summed E-state index contributed by atoms with van der Waals surface area (Å²) >= 11 is 0. The van der Waals surface area contributed by atoms with Crippen molar-refractivity contribution >= 4 is 0 Å². The van der Waals surface area contributed by atoms with Gasteiger partial charge in [0.05, 0.1) is 6.67 Å². The molecular formula is C13H26N2. The summed E-state index contributed by atoms with van der Waals surface area (Å²) in [6.07, 6.45) is 5.55. The molecule has 2 fully saturated rings. The summed E-state index contributed by atoms with van der Waals surface area (Å²) in [7, 11) is 0. The van der Waals surface area contributed by atoms with Crippen molar-refractivity contribution in [2.24, 2.45) is 0 Å². The molecule has 0 amide bonds. The maximum absolute atomic E-state index is 2.69. The minimum Gasteiger partial charge on any atom is -0.285 e. The molecule has 0 radical (unpaired) electrons. The highest BCUT2D eigenvalue weighted by atomic mass is 15.4. The van der Waals surface area contributed by atoms with Gasteiger partial charge in [-0.15, -0.1) is 0 Å². The van der Waals surface area contributed by atoms with Gasteiger partial charge in [0.25, 0.3) is 0 Å². The quantitative estimate of drug-likeness (QED) is 0.691. The second kappa shape index (κ2) is 4.42. The van der Waals surface area contributed by atoms with Gasteiger partial charge in [-0.3, -0.25) is 9.80 Å². The van der Waals surface area contributed by atoms with Gasteiger partial charge in [-0.1, -0.05) is 0 Å². The second-order valence-electron chi connectivity index (χ2n) is 5.72. The molecule has 2 nitrogen and oxygen atoms in total. The average Bonchev–Trinajstić information content (AvgIpc) is 2.67. The molecule has 0 aromatic carbocycles. The maximum atomic E-state index is 2.69. The minimum absolute atomic E-state index is 0.792. The van der Waals surface area contributed by atoms with Gasteiger partial charge in [-0.05, 0) is 53.4 Å². The molecule has 0 aromatic heterocycles. The minimum atomic E-state index is 0.792. The summed E-state index contributed by atoms with van der Waals surface area (Å²) < 4.78 is 0. The van der Waals surface area contributed by atoms with Crippen LogP contribution in [0, 0.1) is 0 Å². The summed E-state index contributed by atoms with van der Waals surface area (Å²) in [6, 6.07) is 3.17. The SMILES string of the molecule is CC1CC[C@H](C)N1CN1C(C)CC[C@@H]1C. The van der Waals surface area contributed by atoms with E-state index in [4.69, 9.17) is 0 Å². The van der Waals surface area contributed by atoms with Crippen LogP contribution in [-0.2, 0) is 0 Å². The van der Waals surface area contributed by atoms with E-state index in [1.165, 1.54) is 32.4 Å². The number of hydrogen-bond acceptors (Lipinski definition) is 2. The molecule has 2 saturated heterocycles. The van der Waals surface area contributed by atoms with E-state index in [2.05, 4.69) is 37.5 Å². The van der Waals surface area contributed by atoms with Crippen LogP contribution in [0.3, 0.4) is 0 Å². The van der Waals surface area contributed by atoms with Crippen molar-refractivity contribution in [2.75, 3.05) is 6.67 Å². The Hall–Kier alpha value is -0.0800. The lowest BCUT2D eigenvalue weighted by Crippen LogP contribution is -2.46. The van der Waals surface area contributed by atoms with Crippen LogP contribution in [0.2, 0.25) is 0 Å². The Labute approximate surface area is 94.6 Å². The van der Waals surface area contributed by atoms with Crippen molar-refractivity contribution in [1.82, 2.24) is 9.80 Å². The van der Waals surface area contributed by atoms with Gasteiger partial charge in [0.15, 0.2) is 0 Å². The molecule has 2 rings (SSSR count). The third-order valence-electron chi connectivity index (χ3n) is 4.60. The molecule has 0 bridgehead atoms. The van der Waals surface area contributed by atoms with E-state index < -0.39 is 0 Å². The third kappa shape index (κ3) is 2.21. The highest BCUT2D eigenvalue weighted by molar-refractivity contribution is 4.87. The van der Waals surface area contributed by atoms with E-state index in [9.17, 15) is 0 Å². The molecule has 2 heterocycles. The van der Waals surface area contributed by atoms with Crippen LogP contribution in [0.5, 0.6) is 0 Å². The van der Waals surface area contributed by atoms with E-state index in [1.807, 2.05) is 0 Å². The van der Waals surface area contributed by atoms with Crippen LogP contribution in [0.25, 0.3) is 0 Å². The molecule has 2 unspecified atom stereocenters. The Morgan fingerprint density at radius 3 is 1.20 bits per heavy atom. The molecule has 15 heavy (non-hydrogen) atoms. The van der Waals surface area contributed by atoms with Crippen LogP contribution in [-0.4, -0.2) is 40.6 Å². The fourth-order valence-corrected chi connectivity index (χ4v) is 3.24. The Bertz CT molecular complexity index is 175. The lowest BCUT2D eigenvalue weighted by molar-refractivity contribution is 0.0726. The molecule has 2 aliphatic heterocycles. The van der Waals surface area contributed by atoms with Crippen LogP contribution in [0.1, 0.15) is 53.4 Å². The molecule has 2 aliphatic rings. The number of hydrogen-bond donors (Lipinski definition) is 0. The van der Waals surface area contributed by atoms with Crippen LogP contribution < -0.4 is 0 Å². The van der Waals surface area contributed by atoms with Gasteiger partial charge in [0.1, 0.15) is 0 Å². The number of nitrogens with zero attached hydrogens (tertiary/aromatic N) is 2. The number of likely N-dealkylation sites (tertiary alicyclic amines) is 2. The van der Waals surface area contributed by atoms with Crippen molar-refractivity contribution in [1.29, 1.82) is 0 Å². The lowest BCUT2D eigenvalue weighted by Gasteiger charge is -2.35. The van der Waals surface area contributed by atoms with E-state index in [0.717, 1.165) is 24.2 Å². The first-order valence-corrected chi connectivity index (χ1v) is 6.61. The second-order valence-corrected chi connectivity index (χ2v) is 5.72. The van der Waals surface area contributed by atoms with Crippen molar-refractivity contribution in [2.45, 2.75) is 77.5 Å². The number of rotatable bonds is 2. The molecule has 0 N–H and O–H groups in total. The van der Waals surface area contributed by atoms with Crippen LogP contribution in [0.15, 0.2) is 0 Å². The first-order valence-electron chi connectivity index (χ1n) is 6.61. The Morgan fingerprint density at radius 1 is 0.667 bits per heavy atom. The smallest absolute Gasteiger partial charge is 0.0516 e. The molecule has 0 spiro atoms. The topological polar surface area (TPSA) is 6.48 Å². The standard InChI is InChI=1S/C13H26N2/c1-10-5-6-11(2)14(10)9-15-12(3)7-8-13(15)4/h10-13H,5-9H2,1-4H3/t10-,11?,12-,13?/m0/s1. The maximum Gasteiger partial charge on any atom is 0.0516 e. The highest BCUT2D eigenvalue weighted by Crippen LogP contribution is 2.28. The summed E-state index contributed by atoms with van der Waals surface area (Å²) in [5, 5.41) is 0. The molecule has 0 aromatic rings. The first kappa shape index (κ1) is 11.4. The van der Waals surface area contributed by atoms with Crippen molar-refractivity contribution < 1.29 is 0 Å². The summed E-state index contributed by atoms with van der Waals surface area (Å²) in [6.45, 7) is 10.7. The predicted octanol–water partition coefficient (Wildman–Crippen LogP) is 2.69. The summed E-state index contributed by atoms with van der Waals surface area (Å²) in [5.74, 6) is 0. The molecule has 2 heteroatoms. The van der Waals surface area contributed by atoms with Gasteiger partial charge in [0.2, 0.25) is 0 Å². The lowest BCUT2D eigenvalue weighted by atomic mass is 10.2. The normalized spacial score (nSPS) is 44.0. The van der Waals surface area contributed by atoms with E-state index >= 15 is 0 Å². The van der Waals surface area contributed by atoms with Gasteiger partial charge in [0, 0.05) is 24.2 Å². The zero-order valence-electron chi connectivity index (χ0n) is 10.7. The Morgan fingerprint density at radius 2 is 0.933 bits per heavy atom. The predicted molar refractivity (Wildman–Crippen MR) is 64.9 cm³/mol. The molecule has 0 aliphatic carbocycles. The van der Waals surface area contributed by atoms with Crippen LogP contribution >= 0.6 is 0 Å². The van der Waals surface area contributed by atoms with Gasteiger partial charge < -0.3 is 0 Å². The van der Waals surface area contributed by atoms with E-state index in [1.54, 1.807) is 0 Å². The zero-order chi connectivity index (χ0) is 11.0. The Balaban J connectivity index is 1.95. The fourth-order valence-electron chi connectivity index (χ4n) is 3.24. The molecule has 88 valence electrons. The van der Waals surface area contributed by atoms with Gasteiger partial charge >= 0.3 is 0 Å². The largest absolute Gasteiger partial charge is 0.285 e. The van der Waals surface area contributed by atoms with Crippen molar-refractivity contribution in [3.05, 3.63) is 0 Å². The van der Waals surface area contributed by atoms with E-state index in [0.29, 0.717) is 0 Å². The van der Waals surface area contributed by atoms with E-state index in [-0.39, 0.29) is 0 Å².